The Hall–Kier alpha value is -0.750. The molecule has 1 fully saturated rings. The molecule has 3 heteroatoms. The molecule has 0 radical (unpaired) electrons. The summed E-state index contributed by atoms with van der Waals surface area (Å²) in [5.41, 5.74) is 3.10. The largest absolute Gasteiger partial charge is 0.384 e. The first kappa shape index (κ1) is 9.47. The van der Waals surface area contributed by atoms with Crippen LogP contribution < -0.4 is 10.6 Å². The van der Waals surface area contributed by atoms with E-state index in [0.717, 1.165) is 11.8 Å². The van der Waals surface area contributed by atoms with Crippen LogP contribution in [0.2, 0.25) is 0 Å². The normalized spacial score (nSPS) is 21.2. The van der Waals surface area contributed by atoms with Crippen LogP contribution in [0, 0.1) is 0 Å². The van der Waals surface area contributed by atoms with Crippen molar-refractivity contribution < 1.29 is 4.57 Å². The lowest BCUT2D eigenvalue weighted by molar-refractivity contribution is 0.588. The van der Waals surface area contributed by atoms with Gasteiger partial charge in [0.25, 0.3) is 0 Å². The molecule has 1 aromatic rings. The van der Waals surface area contributed by atoms with Crippen LogP contribution in [0.25, 0.3) is 0 Å². The van der Waals surface area contributed by atoms with Gasteiger partial charge in [0.15, 0.2) is 0 Å². The quantitative estimate of drug-likeness (QED) is 0.738. The van der Waals surface area contributed by atoms with Crippen molar-refractivity contribution in [2.24, 2.45) is 0 Å². The Morgan fingerprint density at radius 3 is 2.67 bits per heavy atom. The lowest BCUT2D eigenvalue weighted by Crippen LogP contribution is -2.08. The Morgan fingerprint density at radius 2 is 2.07 bits per heavy atom. The summed E-state index contributed by atoms with van der Waals surface area (Å²) in [6.45, 7) is 4.73. The standard InChI is InChI=1S/C12H16NOP/c1-15(2,14)9-3-4-10-11(7-9)13-8-12(10)5-6-12/h3-4,7,13H,5-6,8H2,1-2H3. The van der Waals surface area contributed by atoms with E-state index in [2.05, 4.69) is 17.4 Å². The Bertz CT molecular complexity index is 471. The number of nitrogens with one attached hydrogen (secondary N) is 1. The molecule has 2 aliphatic rings. The van der Waals surface area contributed by atoms with Crippen LogP contribution >= 0.6 is 7.14 Å². The molecule has 80 valence electrons. The summed E-state index contributed by atoms with van der Waals surface area (Å²) >= 11 is 0. The molecule has 1 heterocycles. The topological polar surface area (TPSA) is 29.1 Å². The molecule has 0 aromatic heterocycles. The summed E-state index contributed by atoms with van der Waals surface area (Å²) in [6.07, 6.45) is 2.62. The average Bonchev–Trinajstić information content (AvgIpc) is 2.84. The van der Waals surface area contributed by atoms with Gasteiger partial charge in [0.05, 0.1) is 0 Å². The number of hydrogen-bond donors (Lipinski definition) is 1. The average molecular weight is 221 g/mol. The van der Waals surface area contributed by atoms with Crippen LogP contribution in [0.3, 0.4) is 0 Å². The minimum Gasteiger partial charge on any atom is -0.384 e. The van der Waals surface area contributed by atoms with Gasteiger partial charge < -0.3 is 9.88 Å². The molecule has 1 aromatic carbocycles. The predicted molar refractivity (Wildman–Crippen MR) is 64.9 cm³/mol. The fourth-order valence-corrected chi connectivity index (χ4v) is 3.31. The van der Waals surface area contributed by atoms with E-state index < -0.39 is 7.14 Å². The zero-order chi connectivity index (χ0) is 10.7. The minimum atomic E-state index is -2.11. The Kier molecular flexibility index (Phi) is 1.69. The number of anilines is 1. The Labute approximate surface area is 90.4 Å². The maximum atomic E-state index is 12.0. The van der Waals surface area contributed by atoms with Crippen molar-refractivity contribution in [1.29, 1.82) is 0 Å². The molecule has 1 N–H and O–H groups in total. The molecular formula is C12H16NOP. The molecular weight excluding hydrogens is 205 g/mol. The van der Waals surface area contributed by atoms with Crippen molar-refractivity contribution in [3.8, 4) is 0 Å². The Balaban J connectivity index is 2.10. The molecule has 2 nitrogen and oxygen atoms in total. The molecule has 0 bridgehead atoms. The highest BCUT2D eigenvalue weighted by atomic mass is 31.2. The van der Waals surface area contributed by atoms with Crippen molar-refractivity contribution in [1.82, 2.24) is 0 Å². The first-order valence-electron chi connectivity index (χ1n) is 5.45. The molecule has 0 amide bonds. The maximum Gasteiger partial charge on any atom is 0.109 e. The predicted octanol–water partition coefficient (Wildman–Crippen LogP) is 2.39. The number of hydrogen-bond acceptors (Lipinski definition) is 2. The highest BCUT2D eigenvalue weighted by molar-refractivity contribution is 7.70. The van der Waals surface area contributed by atoms with Gasteiger partial charge in [0.1, 0.15) is 7.14 Å². The van der Waals surface area contributed by atoms with Crippen molar-refractivity contribution in [2.75, 3.05) is 25.2 Å². The third-order valence-corrected chi connectivity index (χ3v) is 5.19. The van der Waals surface area contributed by atoms with Crippen molar-refractivity contribution in [3.63, 3.8) is 0 Å². The molecule has 1 spiro atoms. The lowest BCUT2D eigenvalue weighted by atomic mass is 9.99. The second-order valence-electron chi connectivity index (χ2n) is 5.21. The smallest absolute Gasteiger partial charge is 0.109 e. The molecule has 15 heavy (non-hydrogen) atoms. The number of rotatable bonds is 1. The summed E-state index contributed by atoms with van der Waals surface area (Å²) in [4.78, 5) is 0. The monoisotopic (exact) mass is 221 g/mol. The van der Waals surface area contributed by atoms with Gasteiger partial charge in [-0.3, -0.25) is 0 Å². The molecule has 3 rings (SSSR count). The van der Waals surface area contributed by atoms with E-state index >= 15 is 0 Å². The van der Waals surface area contributed by atoms with E-state index in [1.807, 2.05) is 19.4 Å². The van der Waals surface area contributed by atoms with Gasteiger partial charge >= 0.3 is 0 Å². The van der Waals surface area contributed by atoms with Gasteiger partial charge in [0, 0.05) is 23.0 Å². The summed E-state index contributed by atoms with van der Waals surface area (Å²) in [7, 11) is -2.11. The van der Waals surface area contributed by atoms with Gasteiger partial charge in [-0.1, -0.05) is 12.1 Å². The second-order valence-corrected chi connectivity index (χ2v) is 8.43. The molecule has 0 atom stereocenters. The number of benzene rings is 1. The summed E-state index contributed by atoms with van der Waals surface area (Å²) in [5, 5.41) is 4.44. The van der Waals surface area contributed by atoms with Crippen LogP contribution in [0.4, 0.5) is 5.69 Å². The first-order chi connectivity index (χ1) is 7.01. The molecule has 0 unspecified atom stereocenters. The van der Waals surface area contributed by atoms with E-state index in [1.54, 1.807) is 0 Å². The summed E-state index contributed by atoms with van der Waals surface area (Å²) < 4.78 is 12.0. The molecule has 1 aliphatic carbocycles. The highest BCUT2D eigenvalue weighted by Crippen LogP contribution is 2.54. The van der Waals surface area contributed by atoms with Gasteiger partial charge in [-0.15, -0.1) is 0 Å². The lowest BCUT2D eigenvalue weighted by Gasteiger charge is -2.10. The zero-order valence-electron chi connectivity index (χ0n) is 9.21. The van der Waals surface area contributed by atoms with E-state index in [0.29, 0.717) is 5.41 Å². The molecule has 1 saturated carbocycles. The van der Waals surface area contributed by atoms with Crippen molar-refractivity contribution in [2.45, 2.75) is 18.3 Å². The third kappa shape index (κ3) is 1.35. The van der Waals surface area contributed by atoms with E-state index in [9.17, 15) is 4.57 Å². The maximum absolute atomic E-state index is 12.0. The fourth-order valence-electron chi connectivity index (χ4n) is 2.43. The zero-order valence-corrected chi connectivity index (χ0v) is 10.1. The fraction of sp³-hybridized carbons (Fsp3) is 0.500. The van der Waals surface area contributed by atoms with Crippen molar-refractivity contribution >= 4 is 18.1 Å². The van der Waals surface area contributed by atoms with E-state index in [1.165, 1.54) is 24.1 Å². The highest BCUT2D eigenvalue weighted by Gasteiger charge is 2.48. The second kappa shape index (κ2) is 2.68. The van der Waals surface area contributed by atoms with Gasteiger partial charge in [-0.05, 0) is 37.8 Å². The minimum absolute atomic E-state index is 0.444. The molecule has 0 saturated heterocycles. The summed E-state index contributed by atoms with van der Waals surface area (Å²) in [6, 6.07) is 6.31. The van der Waals surface area contributed by atoms with Crippen LogP contribution in [0.1, 0.15) is 18.4 Å². The third-order valence-electron chi connectivity index (χ3n) is 3.67. The first-order valence-corrected chi connectivity index (χ1v) is 8.05. The van der Waals surface area contributed by atoms with Crippen molar-refractivity contribution in [3.05, 3.63) is 23.8 Å². The van der Waals surface area contributed by atoms with Crippen LogP contribution in [0.15, 0.2) is 18.2 Å². The van der Waals surface area contributed by atoms with E-state index in [-0.39, 0.29) is 0 Å². The van der Waals surface area contributed by atoms with Crippen LogP contribution in [0.5, 0.6) is 0 Å². The van der Waals surface area contributed by atoms with Gasteiger partial charge in [-0.25, -0.2) is 0 Å². The van der Waals surface area contributed by atoms with Gasteiger partial charge in [0.2, 0.25) is 0 Å². The van der Waals surface area contributed by atoms with Gasteiger partial charge in [-0.2, -0.15) is 0 Å². The number of fused-ring (bicyclic) bond motifs is 2. The van der Waals surface area contributed by atoms with E-state index in [4.69, 9.17) is 0 Å². The summed E-state index contributed by atoms with van der Waals surface area (Å²) in [5.74, 6) is 0. The Morgan fingerprint density at radius 1 is 1.33 bits per heavy atom. The molecule has 1 aliphatic heterocycles. The van der Waals surface area contributed by atoms with Crippen LogP contribution in [-0.2, 0) is 9.98 Å². The SMILES string of the molecule is CP(C)(=O)c1ccc2c(c1)NCC21CC1. The van der Waals surface area contributed by atoms with Crippen LogP contribution in [-0.4, -0.2) is 19.9 Å².